The van der Waals surface area contributed by atoms with Gasteiger partial charge in [0.1, 0.15) is 0 Å². The molecule has 2 nitrogen and oxygen atoms in total. The highest BCUT2D eigenvalue weighted by Gasteiger charge is 1.88. The second kappa shape index (κ2) is 8.74. The van der Waals surface area contributed by atoms with Gasteiger partial charge in [-0.1, -0.05) is 84.9 Å². The fourth-order valence-corrected chi connectivity index (χ4v) is 3.12. The fourth-order valence-electron chi connectivity index (χ4n) is 3.12. The van der Waals surface area contributed by atoms with Crippen molar-refractivity contribution in [1.29, 1.82) is 0 Å². The van der Waals surface area contributed by atoms with Crippen molar-refractivity contribution >= 4 is 32.6 Å². The van der Waals surface area contributed by atoms with E-state index in [0.717, 1.165) is 0 Å². The summed E-state index contributed by atoms with van der Waals surface area (Å²) >= 11 is 0. The Balaban J connectivity index is 0.000000103. The Kier molecular flexibility index (Phi) is 5.50. The van der Waals surface area contributed by atoms with Gasteiger partial charge in [-0.2, -0.15) is 0 Å². The predicted octanol–water partition coefficient (Wildman–Crippen LogP) is 7.18. The van der Waals surface area contributed by atoms with Gasteiger partial charge in [0.05, 0.1) is 0 Å². The van der Waals surface area contributed by atoms with Crippen LogP contribution in [-0.4, -0.2) is 9.97 Å². The molecule has 2 N–H and O–H groups in total. The Hall–Kier alpha value is -3.78. The van der Waals surface area contributed by atoms with Crippen molar-refractivity contribution in [2.45, 2.75) is 0 Å². The number of fused-ring (bicyclic) bond motifs is 3. The normalized spacial score (nSPS) is 10.1. The second-order valence-corrected chi connectivity index (χ2v) is 6.48. The van der Waals surface area contributed by atoms with Crippen LogP contribution in [0, 0.1) is 0 Å². The molecule has 0 aliphatic rings. The average Bonchev–Trinajstić information content (AvgIpc) is 3.44. The molecule has 0 fully saturated rings. The van der Waals surface area contributed by atoms with E-state index in [4.69, 9.17) is 0 Å². The molecule has 0 radical (unpaired) electrons. The van der Waals surface area contributed by atoms with Gasteiger partial charge in [-0.05, 0) is 45.8 Å². The highest BCUT2D eigenvalue weighted by atomic mass is 14.7. The second-order valence-electron chi connectivity index (χ2n) is 6.48. The number of aromatic amines is 2. The minimum absolute atomic E-state index is 1.21. The summed E-state index contributed by atoms with van der Waals surface area (Å²) in [5.74, 6) is 0. The number of benzene rings is 4. The Morgan fingerprint density at radius 3 is 1.00 bits per heavy atom. The van der Waals surface area contributed by atoms with E-state index in [1.807, 2.05) is 36.7 Å². The summed E-state index contributed by atoms with van der Waals surface area (Å²) in [6.07, 6.45) is 3.90. The number of nitrogens with one attached hydrogen (secondary N) is 2. The Morgan fingerprint density at radius 2 is 0.643 bits per heavy atom. The third-order valence-corrected chi connectivity index (χ3v) is 4.58. The third kappa shape index (κ3) is 4.30. The summed E-state index contributed by atoms with van der Waals surface area (Å²) in [7, 11) is 0. The van der Waals surface area contributed by atoms with E-state index in [1.54, 1.807) is 0 Å². The molecular weight excluding hydrogens is 340 g/mol. The van der Waals surface area contributed by atoms with Gasteiger partial charge in [0.15, 0.2) is 0 Å². The number of hydrogen-bond acceptors (Lipinski definition) is 0. The van der Waals surface area contributed by atoms with Crippen LogP contribution in [0.1, 0.15) is 0 Å². The van der Waals surface area contributed by atoms with Crippen LogP contribution in [0.15, 0.2) is 122 Å². The fraction of sp³-hybridized carbons (Fsp3) is 0. The molecule has 0 unspecified atom stereocenters. The van der Waals surface area contributed by atoms with Crippen molar-refractivity contribution in [3.05, 3.63) is 122 Å². The summed E-state index contributed by atoms with van der Waals surface area (Å²) in [6.45, 7) is 0. The topological polar surface area (TPSA) is 31.6 Å². The number of aromatic nitrogens is 2. The van der Waals surface area contributed by atoms with Crippen molar-refractivity contribution in [1.82, 2.24) is 9.97 Å². The first-order chi connectivity index (χ1) is 13.9. The van der Waals surface area contributed by atoms with Crippen LogP contribution in [0.3, 0.4) is 0 Å². The average molecular weight is 362 g/mol. The number of rotatable bonds is 0. The Morgan fingerprint density at radius 1 is 0.321 bits per heavy atom. The van der Waals surface area contributed by atoms with Gasteiger partial charge >= 0.3 is 0 Å². The van der Waals surface area contributed by atoms with Crippen molar-refractivity contribution in [2.24, 2.45) is 0 Å². The van der Waals surface area contributed by atoms with E-state index in [-0.39, 0.29) is 0 Å². The zero-order valence-electron chi connectivity index (χ0n) is 15.5. The van der Waals surface area contributed by atoms with E-state index in [9.17, 15) is 0 Å². The molecule has 0 atom stereocenters. The summed E-state index contributed by atoms with van der Waals surface area (Å²) < 4.78 is 0. The van der Waals surface area contributed by atoms with Gasteiger partial charge in [0.25, 0.3) is 0 Å². The summed E-state index contributed by atoms with van der Waals surface area (Å²) in [6, 6.07) is 37.3. The highest BCUT2D eigenvalue weighted by Crippen LogP contribution is 2.11. The molecule has 0 saturated heterocycles. The van der Waals surface area contributed by atoms with Crippen LogP contribution in [-0.2, 0) is 0 Å². The van der Waals surface area contributed by atoms with E-state index >= 15 is 0 Å². The molecule has 0 bridgehead atoms. The molecule has 0 aliphatic heterocycles. The lowest BCUT2D eigenvalue weighted by molar-refractivity contribution is 1.48. The van der Waals surface area contributed by atoms with Crippen molar-refractivity contribution in [3.63, 3.8) is 0 Å². The smallest absolute Gasteiger partial charge is 0.0453 e. The Labute approximate surface area is 164 Å². The van der Waals surface area contributed by atoms with Crippen LogP contribution in [0.25, 0.3) is 32.6 Å². The maximum absolute atomic E-state index is 3.12. The molecule has 0 aliphatic carbocycles. The molecule has 0 amide bonds. The van der Waals surface area contributed by atoms with Gasteiger partial charge in [0, 0.05) is 23.4 Å². The molecule has 2 heterocycles. The maximum atomic E-state index is 3.12. The maximum Gasteiger partial charge on any atom is 0.0453 e. The number of hydrogen-bond donors (Lipinski definition) is 2. The largest absolute Gasteiger partial charge is 0.361 e. The molecule has 0 spiro atoms. The minimum atomic E-state index is 1.21. The van der Waals surface area contributed by atoms with Crippen LogP contribution in [0.2, 0.25) is 0 Å². The zero-order valence-corrected chi connectivity index (χ0v) is 15.5. The van der Waals surface area contributed by atoms with Crippen molar-refractivity contribution in [2.75, 3.05) is 0 Å². The summed E-state index contributed by atoms with van der Waals surface area (Å²) in [5.41, 5.74) is 2.41. The standard InChI is InChI=1S/C10H8.2C8H7N/c1-2-6-10-8-4-3-7-9(10)5-1;2*1-2-4-8-7(3-1)5-6-9-8/h1-8H;2*1-6,9H. The molecular formula is C26H22N2. The molecule has 4 aromatic carbocycles. The summed E-state index contributed by atoms with van der Waals surface area (Å²) in [5, 5.41) is 5.17. The molecule has 6 aromatic rings. The first kappa shape index (κ1) is 17.6. The third-order valence-electron chi connectivity index (χ3n) is 4.58. The van der Waals surface area contributed by atoms with E-state index in [1.165, 1.54) is 32.6 Å². The van der Waals surface area contributed by atoms with Crippen LogP contribution in [0.5, 0.6) is 0 Å². The number of para-hydroxylation sites is 2. The zero-order chi connectivity index (χ0) is 19.0. The highest BCUT2D eigenvalue weighted by molar-refractivity contribution is 5.82. The molecule has 6 rings (SSSR count). The van der Waals surface area contributed by atoms with Crippen LogP contribution < -0.4 is 0 Å². The van der Waals surface area contributed by atoms with Crippen LogP contribution in [0.4, 0.5) is 0 Å². The molecule has 2 aromatic heterocycles. The van der Waals surface area contributed by atoms with Crippen molar-refractivity contribution < 1.29 is 0 Å². The van der Waals surface area contributed by atoms with Gasteiger partial charge in [-0.25, -0.2) is 0 Å². The monoisotopic (exact) mass is 362 g/mol. The first-order valence-corrected chi connectivity index (χ1v) is 9.38. The van der Waals surface area contributed by atoms with Gasteiger partial charge in [-0.3, -0.25) is 0 Å². The summed E-state index contributed by atoms with van der Waals surface area (Å²) in [4.78, 5) is 6.24. The SMILES string of the molecule is c1ccc2[nH]ccc2c1.c1ccc2[nH]ccc2c1.c1ccc2ccccc2c1. The predicted molar refractivity (Wildman–Crippen MR) is 121 cm³/mol. The van der Waals surface area contributed by atoms with E-state index in [0.29, 0.717) is 0 Å². The Bertz CT molecular complexity index is 1090. The number of H-pyrrole nitrogens is 2. The lowest BCUT2D eigenvalue weighted by atomic mass is 10.1. The van der Waals surface area contributed by atoms with E-state index in [2.05, 4.69) is 94.9 Å². The molecule has 28 heavy (non-hydrogen) atoms. The lowest BCUT2D eigenvalue weighted by Gasteiger charge is -1.92. The van der Waals surface area contributed by atoms with Gasteiger partial charge < -0.3 is 9.97 Å². The lowest BCUT2D eigenvalue weighted by Crippen LogP contribution is -1.67. The quantitative estimate of drug-likeness (QED) is 0.287. The molecule has 136 valence electrons. The molecule has 0 saturated carbocycles. The van der Waals surface area contributed by atoms with Gasteiger partial charge in [0.2, 0.25) is 0 Å². The first-order valence-electron chi connectivity index (χ1n) is 9.38. The van der Waals surface area contributed by atoms with Gasteiger partial charge in [-0.15, -0.1) is 0 Å². The van der Waals surface area contributed by atoms with Crippen LogP contribution >= 0.6 is 0 Å². The van der Waals surface area contributed by atoms with Crippen molar-refractivity contribution in [3.8, 4) is 0 Å². The molecule has 2 heteroatoms. The van der Waals surface area contributed by atoms with E-state index < -0.39 is 0 Å². The minimum Gasteiger partial charge on any atom is -0.361 e.